The van der Waals surface area contributed by atoms with Gasteiger partial charge in [-0.25, -0.2) is 9.78 Å². The topological polar surface area (TPSA) is 115 Å². The van der Waals surface area contributed by atoms with Crippen LogP contribution in [0.15, 0.2) is 14.7 Å². The molecule has 2 aromatic heterocycles. The SMILES string of the molecule is Cn1c(=O)c2nc(/C=N/O)nnc2n(C)c1=O. The van der Waals surface area contributed by atoms with Crippen molar-refractivity contribution >= 4 is 17.4 Å². The fourth-order valence-electron chi connectivity index (χ4n) is 1.37. The zero-order valence-corrected chi connectivity index (χ0v) is 9.02. The summed E-state index contributed by atoms with van der Waals surface area (Å²) >= 11 is 0. The van der Waals surface area contributed by atoms with E-state index in [-0.39, 0.29) is 17.0 Å². The zero-order chi connectivity index (χ0) is 12.6. The first kappa shape index (κ1) is 10.9. The highest BCUT2D eigenvalue weighted by atomic mass is 16.4. The second kappa shape index (κ2) is 3.77. The summed E-state index contributed by atoms with van der Waals surface area (Å²) in [5.74, 6) is -0.0178. The van der Waals surface area contributed by atoms with Gasteiger partial charge in [0.05, 0.1) is 0 Å². The molecule has 2 rings (SSSR count). The Morgan fingerprint density at radius 2 is 1.94 bits per heavy atom. The molecule has 0 saturated heterocycles. The van der Waals surface area contributed by atoms with Gasteiger partial charge >= 0.3 is 5.69 Å². The Hall–Kier alpha value is -2.58. The van der Waals surface area contributed by atoms with Crippen LogP contribution in [0.1, 0.15) is 5.82 Å². The molecule has 0 saturated carbocycles. The van der Waals surface area contributed by atoms with E-state index in [1.54, 1.807) is 0 Å². The molecule has 0 fully saturated rings. The quantitative estimate of drug-likeness (QED) is 0.356. The number of hydrogen-bond donors (Lipinski definition) is 1. The van der Waals surface area contributed by atoms with Gasteiger partial charge in [-0.15, -0.1) is 10.2 Å². The maximum absolute atomic E-state index is 11.8. The van der Waals surface area contributed by atoms with Gasteiger partial charge in [-0.05, 0) is 0 Å². The minimum atomic E-state index is -0.578. The van der Waals surface area contributed by atoms with E-state index in [1.807, 2.05) is 0 Å². The molecule has 1 N–H and O–H groups in total. The van der Waals surface area contributed by atoms with Crippen LogP contribution in [-0.4, -0.2) is 35.7 Å². The van der Waals surface area contributed by atoms with E-state index in [0.29, 0.717) is 0 Å². The molecule has 0 bridgehead atoms. The minimum Gasteiger partial charge on any atom is -0.411 e. The van der Waals surface area contributed by atoms with Crippen molar-refractivity contribution in [3.63, 3.8) is 0 Å². The molecule has 0 spiro atoms. The molecular formula is C8H8N6O3. The lowest BCUT2D eigenvalue weighted by Crippen LogP contribution is -2.38. The summed E-state index contributed by atoms with van der Waals surface area (Å²) in [5.41, 5.74) is -1.03. The van der Waals surface area contributed by atoms with Gasteiger partial charge in [0.15, 0.2) is 17.0 Å². The molecule has 2 aromatic rings. The molecule has 0 amide bonds. The third kappa shape index (κ3) is 1.57. The van der Waals surface area contributed by atoms with E-state index in [1.165, 1.54) is 14.1 Å². The molecule has 0 aromatic carbocycles. The summed E-state index contributed by atoms with van der Waals surface area (Å²) in [7, 11) is 2.80. The summed E-state index contributed by atoms with van der Waals surface area (Å²) < 4.78 is 2.08. The fourth-order valence-corrected chi connectivity index (χ4v) is 1.37. The molecule has 0 aliphatic heterocycles. The monoisotopic (exact) mass is 236 g/mol. The minimum absolute atomic E-state index is 0.0144. The van der Waals surface area contributed by atoms with Gasteiger partial charge in [-0.2, -0.15) is 0 Å². The maximum Gasteiger partial charge on any atom is 0.332 e. The van der Waals surface area contributed by atoms with E-state index >= 15 is 0 Å². The van der Waals surface area contributed by atoms with Crippen molar-refractivity contribution in [2.45, 2.75) is 0 Å². The standard InChI is InChI=1S/C8H8N6O3/c1-13-6-5(7(15)14(2)8(13)16)10-4(3-9-17)11-12-6/h3,17H,1-2H3/b9-3+. The highest BCUT2D eigenvalue weighted by Gasteiger charge is 2.11. The Morgan fingerprint density at radius 1 is 1.24 bits per heavy atom. The van der Waals surface area contributed by atoms with Crippen molar-refractivity contribution in [2.75, 3.05) is 0 Å². The number of fused-ring (bicyclic) bond motifs is 1. The lowest BCUT2D eigenvalue weighted by Gasteiger charge is -2.04. The predicted molar refractivity (Wildman–Crippen MR) is 57.2 cm³/mol. The molecule has 17 heavy (non-hydrogen) atoms. The molecule has 0 unspecified atom stereocenters. The van der Waals surface area contributed by atoms with Crippen molar-refractivity contribution in [3.8, 4) is 0 Å². The van der Waals surface area contributed by atoms with E-state index in [0.717, 1.165) is 15.3 Å². The first-order valence-electron chi connectivity index (χ1n) is 4.54. The van der Waals surface area contributed by atoms with Crippen molar-refractivity contribution in [3.05, 3.63) is 26.7 Å². The van der Waals surface area contributed by atoms with Gasteiger partial charge in [0.25, 0.3) is 5.56 Å². The molecule has 88 valence electrons. The van der Waals surface area contributed by atoms with E-state index in [4.69, 9.17) is 5.21 Å². The van der Waals surface area contributed by atoms with E-state index < -0.39 is 11.2 Å². The summed E-state index contributed by atoms with van der Waals surface area (Å²) in [4.78, 5) is 27.2. The van der Waals surface area contributed by atoms with Crippen molar-refractivity contribution < 1.29 is 5.21 Å². The third-order valence-electron chi connectivity index (χ3n) is 2.26. The Bertz CT molecular complexity index is 728. The van der Waals surface area contributed by atoms with Crippen LogP contribution in [0.25, 0.3) is 11.2 Å². The number of aryl methyl sites for hydroxylation is 1. The molecule has 0 radical (unpaired) electrons. The van der Waals surface area contributed by atoms with Gasteiger partial charge in [0.2, 0.25) is 0 Å². The average molecular weight is 236 g/mol. The number of hydrogen-bond acceptors (Lipinski definition) is 7. The summed E-state index contributed by atoms with van der Waals surface area (Å²) in [6, 6.07) is 0. The van der Waals surface area contributed by atoms with Crippen LogP contribution in [0, 0.1) is 0 Å². The van der Waals surface area contributed by atoms with Crippen LogP contribution in [0.2, 0.25) is 0 Å². The van der Waals surface area contributed by atoms with Gasteiger partial charge in [-0.3, -0.25) is 13.9 Å². The molecule has 0 aliphatic rings. The van der Waals surface area contributed by atoms with Crippen molar-refractivity contribution in [1.29, 1.82) is 0 Å². The van der Waals surface area contributed by atoms with Gasteiger partial charge in [-0.1, -0.05) is 5.16 Å². The zero-order valence-electron chi connectivity index (χ0n) is 9.02. The van der Waals surface area contributed by atoms with Crippen molar-refractivity contribution in [1.82, 2.24) is 24.3 Å². The number of rotatable bonds is 1. The average Bonchev–Trinajstić information content (AvgIpc) is 2.34. The van der Waals surface area contributed by atoms with Gasteiger partial charge in [0.1, 0.15) is 6.21 Å². The highest BCUT2D eigenvalue weighted by Crippen LogP contribution is 1.97. The Balaban J connectivity index is 2.97. The lowest BCUT2D eigenvalue weighted by molar-refractivity contribution is 0.321. The van der Waals surface area contributed by atoms with Crippen LogP contribution >= 0.6 is 0 Å². The Morgan fingerprint density at radius 3 is 2.59 bits per heavy atom. The predicted octanol–water partition coefficient (Wildman–Crippen LogP) is -1.77. The molecule has 0 atom stereocenters. The molecule has 9 heteroatoms. The number of oxime groups is 1. The van der Waals surface area contributed by atoms with E-state index in [2.05, 4.69) is 20.3 Å². The smallest absolute Gasteiger partial charge is 0.332 e. The summed E-state index contributed by atoms with van der Waals surface area (Å²) in [5, 5.41) is 18.4. The highest BCUT2D eigenvalue weighted by molar-refractivity contribution is 5.77. The normalized spacial score (nSPS) is 11.4. The maximum atomic E-state index is 11.8. The largest absolute Gasteiger partial charge is 0.411 e. The molecule has 2 heterocycles. The van der Waals surface area contributed by atoms with Crippen molar-refractivity contribution in [2.24, 2.45) is 19.3 Å². The second-order valence-electron chi connectivity index (χ2n) is 3.29. The second-order valence-corrected chi connectivity index (χ2v) is 3.29. The molecular weight excluding hydrogens is 228 g/mol. The van der Waals surface area contributed by atoms with Crippen LogP contribution in [0.3, 0.4) is 0 Å². The van der Waals surface area contributed by atoms with Crippen LogP contribution < -0.4 is 11.2 Å². The molecule has 9 nitrogen and oxygen atoms in total. The Labute approximate surface area is 93.7 Å². The fraction of sp³-hybridized carbons (Fsp3) is 0.250. The van der Waals surface area contributed by atoms with Crippen LogP contribution in [-0.2, 0) is 14.1 Å². The Kier molecular flexibility index (Phi) is 2.42. The van der Waals surface area contributed by atoms with Gasteiger partial charge in [0, 0.05) is 14.1 Å². The van der Waals surface area contributed by atoms with Gasteiger partial charge < -0.3 is 5.21 Å². The first-order chi connectivity index (χ1) is 8.06. The number of aromatic nitrogens is 5. The van der Waals surface area contributed by atoms with E-state index in [9.17, 15) is 9.59 Å². The van der Waals surface area contributed by atoms with Crippen LogP contribution in [0.4, 0.5) is 0 Å². The lowest BCUT2D eigenvalue weighted by atomic mass is 10.5. The number of nitrogens with zero attached hydrogens (tertiary/aromatic N) is 6. The first-order valence-corrected chi connectivity index (χ1v) is 4.54. The summed E-state index contributed by atoms with van der Waals surface area (Å²) in [6.45, 7) is 0. The molecule has 0 aliphatic carbocycles. The third-order valence-corrected chi connectivity index (χ3v) is 2.26. The summed E-state index contributed by atoms with van der Waals surface area (Å²) in [6.07, 6.45) is 0.941. The van der Waals surface area contributed by atoms with Crippen LogP contribution in [0.5, 0.6) is 0 Å².